The smallest absolute Gasteiger partial charge is 0.244 e. The lowest BCUT2D eigenvalue weighted by Gasteiger charge is -2.29. The Balaban J connectivity index is 0.00000161. The summed E-state index contributed by atoms with van der Waals surface area (Å²) in [6, 6.07) is -0.248. The molecule has 1 amide bonds. The van der Waals surface area contributed by atoms with E-state index in [0.29, 0.717) is 6.61 Å². The van der Waals surface area contributed by atoms with E-state index < -0.39 is 0 Å². The molecule has 6 heteroatoms. The van der Waals surface area contributed by atoms with Crippen LogP contribution in [0.5, 0.6) is 0 Å². The quantitative estimate of drug-likeness (QED) is 0.876. The number of halogens is 1. The van der Waals surface area contributed by atoms with E-state index in [-0.39, 0.29) is 30.5 Å². The monoisotopic (exact) mass is 330 g/mol. The van der Waals surface area contributed by atoms with Gasteiger partial charge in [-0.05, 0) is 50.7 Å². The Morgan fingerprint density at radius 1 is 1.38 bits per heavy atom. The van der Waals surface area contributed by atoms with E-state index in [1.54, 1.807) is 11.3 Å². The highest BCUT2D eigenvalue weighted by atomic mass is 35.5. The fourth-order valence-corrected chi connectivity index (χ4v) is 4.36. The number of ether oxygens (including phenoxy) is 1. The summed E-state index contributed by atoms with van der Waals surface area (Å²) in [4.78, 5) is 13.9. The van der Waals surface area contributed by atoms with Gasteiger partial charge in [-0.2, -0.15) is 0 Å². The minimum atomic E-state index is -0.248. The molecule has 1 saturated heterocycles. The number of carbonyl (C=O) groups is 1. The SMILES string of the molecule is Cc1c(NC(=O)[C@H]2NCCO[C@@H]2C)sc2c1CCCC2.Cl. The van der Waals surface area contributed by atoms with E-state index in [9.17, 15) is 4.79 Å². The van der Waals surface area contributed by atoms with Crippen LogP contribution < -0.4 is 10.6 Å². The number of amides is 1. The zero-order chi connectivity index (χ0) is 14.1. The minimum absolute atomic E-state index is 0. The maximum absolute atomic E-state index is 12.4. The molecule has 0 bridgehead atoms. The topological polar surface area (TPSA) is 50.4 Å². The predicted molar refractivity (Wildman–Crippen MR) is 88.8 cm³/mol. The van der Waals surface area contributed by atoms with E-state index >= 15 is 0 Å². The number of fused-ring (bicyclic) bond motifs is 1. The third-order valence-electron chi connectivity index (χ3n) is 4.27. The molecule has 3 rings (SSSR count). The molecule has 1 fully saturated rings. The van der Waals surface area contributed by atoms with Gasteiger partial charge < -0.3 is 15.4 Å². The van der Waals surface area contributed by atoms with E-state index in [1.165, 1.54) is 28.8 Å². The van der Waals surface area contributed by atoms with Crippen LogP contribution in [0.25, 0.3) is 0 Å². The van der Waals surface area contributed by atoms with Gasteiger partial charge in [-0.25, -0.2) is 0 Å². The standard InChI is InChI=1S/C15H22N2O2S.ClH/c1-9-11-5-3-4-6-12(11)20-15(9)17-14(18)13-10(2)19-8-7-16-13;/h10,13,16H,3-8H2,1-2H3,(H,17,18);1H/t10-,13+;/m1./s1. The molecule has 21 heavy (non-hydrogen) atoms. The molecular formula is C15H23ClN2O2S. The second-order valence-corrected chi connectivity index (χ2v) is 6.77. The molecule has 0 aromatic carbocycles. The summed E-state index contributed by atoms with van der Waals surface area (Å²) in [5.74, 6) is 0.0268. The zero-order valence-corrected chi connectivity index (χ0v) is 14.2. The summed E-state index contributed by atoms with van der Waals surface area (Å²) in [7, 11) is 0. The first-order chi connectivity index (χ1) is 9.66. The largest absolute Gasteiger partial charge is 0.375 e. The summed E-state index contributed by atoms with van der Waals surface area (Å²) >= 11 is 1.75. The highest BCUT2D eigenvalue weighted by Crippen LogP contribution is 2.37. The van der Waals surface area contributed by atoms with Gasteiger partial charge in [0.25, 0.3) is 0 Å². The van der Waals surface area contributed by atoms with E-state index in [4.69, 9.17) is 4.74 Å². The number of hydrogen-bond donors (Lipinski definition) is 2. The molecule has 2 N–H and O–H groups in total. The van der Waals surface area contributed by atoms with Gasteiger partial charge in [-0.1, -0.05) is 0 Å². The van der Waals surface area contributed by atoms with Crippen LogP contribution in [0.1, 0.15) is 35.8 Å². The number of nitrogens with one attached hydrogen (secondary N) is 2. The molecule has 0 radical (unpaired) electrons. The number of anilines is 1. The van der Waals surface area contributed by atoms with Crippen LogP contribution >= 0.6 is 23.7 Å². The van der Waals surface area contributed by atoms with Crippen molar-refractivity contribution in [3.05, 3.63) is 16.0 Å². The first kappa shape index (κ1) is 16.7. The lowest BCUT2D eigenvalue weighted by Crippen LogP contribution is -2.53. The maximum atomic E-state index is 12.4. The second-order valence-electron chi connectivity index (χ2n) is 5.66. The Bertz CT molecular complexity index is 518. The van der Waals surface area contributed by atoms with E-state index in [0.717, 1.165) is 24.4 Å². The van der Waals surface area contributed by atoms with Gasteiger partial charge in [-0.15, -0.1) is 23.7 Å². The van der Waals surface area contributed by atoms with Gasteiger partial charge in [0.15, 0.2) is 0 Å². The lowest BCUT2D eigenvalue weighted by molar-refractivity contribution is -0.123. The fraction of sp³-hybridized carbons (Fsp3) is 0.667. The van der Waals surface area contributed by atoms with Gasteiger partial charge in [0.05, 0.1) is 17.7 Å². The van der Waals surface area contributed by atoms with Crippen LogP contribution in [0.3, 0.4) is 0 Å². The van der Waals surface area contributed by atoms with Crippen LogP contribution in [-0.4, -0.2) is 31.2 Å². The molecule has 1 aromatic rings. The molecule has 2 atom stereocenters. The van der Waals surface area contributed by atoms with Crippen molar-refractivity contribution in [1.82, 2.24) is 5.32 Å². The molecule has 0 saturated carbocycles. The molecule has 0 spiro atoms. The average molecular weight is 331 g/mol. The number of morpholine rings is 1. The summed E-state index contributed by atoms with van der Waals surface area (Å²) < 4.78 is 5.54. The summed E-state index contributed by atoms with van der Waals surface area (Å²) in [5.41, 5.74) is 2.74. The minimum Gasteiger partial charge on any atom is -0.375 e. The van der Waals surface area contributed by atoms with Crippen molar-refractivity contribution in [2.45, 2.75) is 51.7 Å². The summed E-state index contributed by atoms with van der Waals surface area (Å²) in [6.07, 6.45) is 4.80. The normalized spacial score (nSPS) is 24.9. The number of thiophene rings is 1. The Labute approximate surface area is 136 Å². The van der Waals surface area contributed by atoms with Gasteiger partial charge in [0.1, 0.15) is 6.04 Å². The number of rotatable bonds is 2. The van der Waals surface area contributed by atoms with Crippen LogP contribution in [0.2, 0.25) is 0 Å². The molecule has 4 nitrogen and oxygen atoms in total. The van der Waals surface area contributed by atoms with E-state index in [1.807, 2.05) is 6.92 Å². The highest BCUT2D eigenvalue weighted by Gasteiger charge is 2.29. The number of aryl methyl sites for hydroxylation is 1. The molecule has 1 aliphatic heterocycles. The van der Waals surface area contributed by atoms with Crippen molar-refractivity contribution in [2.24, 2.45) is 0 Å². The van der Waals surface area contributed by atoms with Crippen LogP contribution in [0.4, 0.5) is 5.00 Å². The third-order valence-corrected chi connectivity index (χ3v) is 5.58. The number of hydrogen-bond acceptors (Lipinski definition) is 4. The van der Waals surface area contributed by atoms with Crippen molar-refractivity contribution in [1.29, 1.82) is 0 Å². The predicted octanol–water partition coefficient (Wildman–Crippen LogP) is 2.67. The molecule has 2 aliphatic rings. The first-order valence-corrected chi connectivity index (χ1v) is 8.25. The van der Waals surface area contributed by atoms with Gasteiger partial charge in [-0.3, -0.25) is 4.79 Å². The third kappa shape index (κ3) is 3.42. The molecular weight excluding hydrogens is 308 g/mol. The molecule has 2 heterocycles. The Kier molecular flexibility index (Phi) is 5.66. The zero-order valence-electron chi connectivity index (χ0n) is 12.5. The molecule has 118 valence electrons. The van der Waals surface area contributed by atoms with Crippen molar-refractivity contribution in [3.8, 4) is 0 Å². The Morgan fingerprint density at radius 3 is 2.86 bits per heavy atom. The van der Waals surface area contributed by atoms with Gasteiger partial charge in [0, 0.05) is 11.4 Å². The van der Waals surface area contributed by atoms with Gasteiger partial charge >= 0.3 is 0 Å². The first-order valence-electron chi connectivity index (χ1n) is 7.44. The second kappa shape index (κ2) is 7.09. The van der Waals surface area contributed by atoms with Crippen LogP contribution in [-0.2, 0) is 22.4 Å². The summed E-state index contributed by atoms with van der Waals surface area (Å²) in [6.45, 7) is 5.49. The van der Waals surface area contributed by atoms with Crippen molar-refractivity contribution >= 4 is 34.7 Å². The van der Waals surface area contributed by atoms with Crippen LogP contribution in [0, 0.1) is 6.92 Å². The fourth-order valence-electron chi connectivity index (χ4n) is 3.06. The number of carbonyl (C=O) groups excluding carboxylic acids is 1. The Morgan fingerprint density at radius 2 is 2.14 bits per heavy atom. The summed E-state index contributed by atoms with van der Waals surface area (Å²) in [5, 5.41) is 7.37. The lowest BCUT2D eigenvalue weighted by atomic mass is 9.96. The van der Waals surface area contributed by atoms with E-state index in [2.05, 4.69) is 17.6 Å². The van der Waals surface area contributed by atoms with Crippen molar-refractivity contribution < 1.29 is 9.53 Å². The molecule has 1 aliphatic carbocycles. The van der Waals surface area contributed by atoms with Gasteiger partial charge in [0.2, 0.25) is 5.91 Å². The highest BCUT2D eigenvalue weighted by molar-refractivity contribution is 7.16. The molecule has 0 unspecified atom stereocenters. The molecule has 1 aromatic heterocycles. The Hall–Kier alpha value is -0.620. The maximum Gasteiger partial charge on any atom is 0.244 e. The van der Waals surface area contributed by atoms with Crippen molar-refractivity contribution in [2.75, 3.05) is 18.5 Å². The average Bonchev–Trinajstić information content (AvgIpc) is 2.76. The van der Waals surface area contributed by atoms with Crippen molar-refractivity contribution in [3.63, 3.8) is 0 Å². The van der Waals surface area contributed by atoms with Crippen LogP contribution in [0.15, 0.2) is 0 Å².